The van der Waals surface area contributed by atoms with Crippen LogP contribution in [-0.2, 0) is 33.3 Å². The van der Waals surface area contributed by atoms with Crippen LogP contribution in [0.2, 0.25) is 0 Å². The van der Waals surface area contributed by atoms with E-state index in [1.54, 1.807) is 0 Å². The van der Waals surface area contributed by atoms with Crippen molar-refractivity contribution < 1.29 is 42.9 Å². The molecule has 9 heteroatoms. The Kier molecular flexibility index (Phi) is 50.9. The number of carbonyl (C=O) groups excluding carboxylic acids is 2. The molecule has 408 valence electrons. The van der Waals surface area contributed by atoms with Crippen molar-refractivity contribution in [2.45, 2.75) is 309 Å². The lowest BCUT2D eigenvalue weighted by Crippen LogP contribution is -2.40. The first kappa shape index (κ1) is 67.0. The predicted octanol–water partition coefficient (Wildman–Crippen LogP) is 17.4. The van der Waals surface area contributed by atoms with E-state index < -0.39 is 18.4 Å². The van der Waals surface area contributed by atoms with Gasteiger partial charge in [0, 0.05) is 12.8 Å². The number of carboxylic acid groups (broad SMARTS) is 1. The van der Waals surface area contributed by atoms with Gasteiger partial charge in [-0.2, -0.15) is 0 Å². The number of unbranched alkanes of at least 4 members (excludes halogenated alkanes) is 39. The second kappa shape index (κ2) is 52.4. The van der Waals surface area contributed by atoms with Crippen molar-refractivity contribution >= 4 is 17.9 Å². The van der Waals surface area contributed by atoms with Gasteiger partial charge in [-0.15, -0.1) is 0 Å². The van der Waals surface area contributed by atoms with E-state index in [1.807, 2.05) is 21.1 Å². The molecule has 2 unspecified atom stereocenters. The molecule has 0 fully saturated rings. The van der Waals surface area contributed by atoms with Crippen LogP contribution in [0.3, 0.4) is 0 Å². The van der Waals surface area contributed by atoms with E-state index >= 15 is 0 Å². The van der Waals surface area contributed by atoms with Gasteiger partial charge in [0.15, 0.2) is 6.10 Å². The summed E-state index contributed by atoms with van der Waals surface area (Å²) in [5, 5.41) is 9.70. The van der Waals surface area contributed by atoms with Crippen molar-refractivity contribution in [3.05, 3.63) is 12.2 Å². The SMILES string of the molecule is CCCCCCCCCC/C=C\CCCCCCCCCCCCCCCC(=O)OC(COC(=O)CCCCCCCCCCCCCCCCCCCCC)COC(OCC[N+](C)(C)C)C(=O)O. The number of quaternary nitrogens is 1. The van der Waals surface area contributed by atoms with Gasteiger partial charge in [0.05, 0.1) is 34.4 Å². The minimum atomic E-state index is -1.50. The standard InChI is InChI=1S/C60H115NO8/c1-6-8-10-12-14-16-18-20-22-24-26-27-28-29-30-31-33-35-37-39-41-43-45-47-49-51-58(63)69-56(55-68-60(59(64)65)66-53-52-61(3,4)5)54-67-57(62)50-48-46-44-42-40-38-36-34-32-25-23-21-19-17-15-13-11-9-7-2/h24,26,56,60H,6-23,25,27-55H2,1-5H3/p+1/b26-24-. The lowest BCUT2D eigenvalue weighted by atomic mass is 10.0. The molecular formula is C60H116NO8+. The lowest BCUT2D eigenvalue weighted by Gasteiger charge is -2.25. The van der Waals surface area contributed by atoms with Crippen molar-refractivity contribution in [2.24, 2.45) is 0 Å². The first-order chi connectivity index (χ1) is 33.6. The molecule has 0 radical (unpaired) electrons. The molecule has 0 amide bonds. The minimum absolute atomic E-state index is 0.175. The summed E-state index contributed by atoms with van der Waals surface area (Å²) in [6.07, 6.45) is 57.2. The van der Waals surface area contributed by atoms with Crippen LogP contribution in [0.5, 0.6) is 0 Å². The van der Waals surface area contributed by atoms with Crippen LogP contribution in [-0.4, -0.2) is 87.4 Å². The smallest absolute Gasteiger partial charge is 0.361 e. The Labute approximate surface area is 427 Å². The first-order valence-corrected chi connectivity index (χ1v) is 29.9. The third kappa shape index (κ3) is 53.7. The largest absolute Gasteiger partial charge is 0.477 e. The highest BCUT2D eigenvalue weighted by molar-refractivity contribution is 5.71. The number of carboxylic acids is 1. The zero-order valence-electron chi connectivity index (χ0n) is 46.5. The number of ether oxygens (including phenoxy) is 4. The molecule has 0 bridgehead atoms. The minimum Gasteiger partial charge on any atom is -0.477 e. The number of hydrogen-bond acceptors (Lipinski definition) is 7. The Morgan fingerprint density at radius 3 is 1.07 bits per heavy atom. The number of likely N-dealkylation sites (N-methyl/N-ethyl adjacent to an activating group) is 1. The van der Waals surface area contributed by atoms with Gasteiger partial charge in [0.25, 0.3) is 6.29 Å². The fourth-order valence-corrected chi connectivity index (χ4v) is 8.89. The van der Waals surface area contributed by atoms with Gasteiger partial charge in [-0.3, -0.25) is 9.59 Å². The van der Waals surface area contributed by atoms with Gasteiger partial charge in [-0.1, -0.05) is 257 Å². The fourth-order valence-electron chi connectivity index (χ4n) is 8.89. The average Bonchev–Trinajstić information content (AvgIpc) is 3.31. The number of esters is 2. The van der Waals surface area contributed by atoms with Gasteiger partial charge >= 0.3 is 17.9 Å². The first-order valence-electron chi connectivity index (χ1n) is 29.9. The number of allylic oxidation sites excluding steroid dienone is 2. The highest BCUT2D eigenvalue weighted by Crippen LogP contribution is 2.17. The number of aliphatic carboxylic acids is 1. The Balaban J connectivity index is 4.18. The van der Waals surface area contributed by atoms with E-state index in [-0.39, 0.29) is 38.2 Å². The van der Waals surface area contributed by atoms with Crippen LogP contribution in [0.4, 0.5) is 0 Å². The molecule has 0 rings (SSSR count). The molecule has 0 spiro atoms. The van der Waals surface area contributed by atoms with Crippen LogP contribution in [0.25, 0.3) is 0 Å². The number of rotatable bonds is 56. The van der Waals surface area contributed by atoms with E-state index in [1.165, 1.54) is 231 Å². The third-order valence-corrected chi connectivity index (χ3v) is 13.5. The van der Waals surface area contributed by atoms with Crippen LogP contribution in [0.15, 0.2) is 12.2 Å². The molecule has 0 aliphatic heterocycles. The maximum Gasteiger partial charge on any atom is 0.361 e. The number of carbonyl (C=O) groups is 3. The summed E-state index contributed by atoms with van der Waals surface area (Å²) >= 11 is 0. The molecule has 0 heterocycles. The van der Waals surface area contributed by atoms with E-state index in [0.29, 0.717) is 17.4 Å². The van der Waals surface area contributed by atoms with Crippen molar-refractivity contribution in [2.75, 3.05) is 47.5 Å². The molecule has 0 saturated carbocycles. The highest BCUT2D eigenvalue weighted by atomic mass is 16.7. The van der Waals surface area contributed by atoms with Gasteiger partial charge < -0.3 is 28.5 Å². The molecule has 0 aromatic carbocycles. The summed E-state index contributed by atoms with van der Waals surface area (Å²) < 4.78 is 22.9. The molecule has 0 aliphatic rings. The maximum atomic E-state index is 12.9. The van der Waals surface area contributed by atoms with Crippen LogP contribution in [0.1, 0.15) is 296 Å². The predicted molar refractivity (Wildman–Crippen MR) is 291 cm³/mol. The van der Waals surface area contributed by atoms with Crippen molar-refractivity contribution in [1.82, 2.24) is 0 Å². The van der Waals surface area contributed by atoms with Gasteiger partial charge in [0.2, 0.25) is 0 Å². The molecule has 1 N–H and O–H groups in total. The van der Waals surface area contributed by atoms with E-state index in [9.17, 15) is 19.5 Å². The summed E-state index contributed by atoms with van der Waals surface area (Å²) in [4.78, 5) is 37.4. The van der Waals surface area contributed by atoms with Crippen molar-refractivity contribution in [3.63, 3.8) is 0 Å². The molecular weight excluding hydrogens is 863 g/mol. The molecule has 69 heavy (non-hydrogen) atoms. The molecule has 0 aromatic rings. The average molecular weight is 980 g/mol. The van der Waals surface area contributed by atoms with Crippen molar-refractivity contribution in [1.29, 1.82) is 0 Å². The number of hydrogen-bond donors (Lipinski definition) is 1. The maximum absolute atomic E-state index is 12.9. The van der Waals surface area contributed by atoms with Gasteiger partial charge in [-0.05, 0) is 38.5 Å². The van der Waals surface area contributed by atoms with Gasteiger partial charge in [0.1, 0.15) is 13.2 Å². The molecule has 9 nitrogen and oxygen atoms in total. The Morgan fingerprint density at radius 2 is 0.739 bits per heavy atom. The summed E-state index contributed by atoms with van der Waals surface area (Å²) in [6.45, 7) is 4.94. The summed E-state index contributed by atoms with van der Waals surface area (Å²) in [6, 6.07) is 0. The zero-order chi connectivity index (χ0) is 50.6. The summed E-state index contributed by atoms with van der Waals surface area (Å²) in [5.41, 5.74) is 0. The Bertz CT molecular complexity index is 1140. The van der Waals surface area contributed by atoms with E-state index in [4.69, 9.17) is 18.9 Å². The van der Waals surface area contributed by atoms with Gasteiger partial charge in [-0.25, -0.2) is 4.79 Å². The van der Waals surface area contributed by atoms with E-state index in [2.05, 4.69) is 26.0 Å². The van der Waals surface area contributed by atoms with Crippen LogP contribution >= 0.6 is 0 Å². The Morgan fingerprint density at radius 1 is 0.420 bits per heavy atom. The van der Waals surface area contributed by atoms with Crippen molar-refractivity contribution in [3.8, 4) is 0 Å². The second-order valence-electron chi connectivity index (χ2n) is 21.7. The number of nitrogens with zero attached hydrogens (tertiary/aromatic N) is 1. The molecule has 0 saturated heterocycles. The van der Waals surface area contributed by atoms with Crippen LogP contribution < -0.4 is 0 Å². The molecule has 2 atom stereocenters. The molecule has 0 aromatic heterocycles. The second-order valence-corrected chi connectivity index (χ2v) is 21.7. The van der Waals surface area contributed by atoms with E-state index in [0.717, 1.165) is 38.5 Å². The topological polar surface area (TPSA) is 108 Å². The van der Waals surface area contributed by atoms with Crippen LogP contribution in [0, 0.1) is 0 Å². The fraction of sp³-hybridized carbons (Fsp3) is 0.917. The summed E-state index contributed by atoms with van der Waals surface area (Å²) in [5.74, 6) is -1.98. The summed E-state index contributed by atoms with van der Waals surface area (Å²) in [7, 11) is 5.98. The lowest BCUT2D eigenvalue weighted by molar-refractivity contribution is -0.870. The Hall–Kier alpha value is -1.97. The highest BCUT2D eigenvalue weighted by Gasteiger charge is 2.25. The third-order valence-electron chi connectivity index (χ3n) is 13.5. The normalized spacial score (nSPS) is 12.8. The molecule has 0 aliphatic carbocycles. The quantitative estimate of drug-likeness (QED) is 0.0211. The monoisotopic (exact) mass is 979 g/mol. The zero-order valence-corrected chi connectivity index (χ0v) is 46.5.